The molecule has 0 atom stereocenters. The number of ether oxygens (including phenoxy) is 1. The molecule has 9 heteroatoms. The van der Waals surface area contributed by atoms with Crippen LogP contribution in [0.2, 0.25) is 0 Å². The zero-order chi connectivity index (χ0) is 16.0. The molecule has 0 aromatic heterocycles. The van der Waals surface area contributed by atoms with Gasteiger partial charge < -0.3 is 15.8 Å². The molecule has 0 fully saturated rings. The monoisotopic (exact) mass is 296 g/mol. The first-order valence-electron chi connectivity index (χ1n) is 5.23. The minimum absolute atomic E-state index is 0.129. The number of alkyl halides is 3. The average Bonchev–Trinajstić information content (AvgIpc) is 2.37. The Morgan fingerprint density at radius 1 is 1.33 bits per heavy atom. The SMILES string of the molecule is N#CC(C#N)=CNc1cc(OC(F)(F)F)ccc1C(N)=O. The quantitative estimate of drug-likeness (QED) is 0.825. The largest absolute Gasteiger partial charge is 0.573 e. The van der Waals surface area contributed by atoms with Crippen molar-refractivity contribution in [2.75, 3.05) is 5.32 Å². The molecule has 0 aliphatic carbocycles. The van der Waals surface area contributed by atoms with Crippen LogP contribution in [0.4, 0.5) is 18.9 Å². The smallest absolute Gasteiger partial charge is 0.406 e. The molecule has 0 radical (unpaired) electrons. The first kappa shape index (κ1) is 15.9. The van der Waals surface area contributed by atoms with Gasteiger partial charge in [0.25, 0.3) is 5.91 Å². The van der Waals surface area contributed by atoms with Gasteiger partial charge in [0.2, 0.25) is 0 Å². The lowest BCUT2D eigenvalue weighted by Crippen LogP contribution is -2.18. The van der Waals surface area contributed by atoms with Gasteiger partial charge in [-0.25, -0.2) is 0 Å². The van der Waals surface area contributed by atoms with Crippen molar-refractivity contribution in [3.8, 4) is 17.9 Å². The fourth-order valence-corrected chi connectivity index (χ4v) is 1.29. The maximum Gasteiger partial charge on any atom is 0.573 e. The van der Waals surface area contributed by atoms with E-state index in [9.17, 15) is 18.0 Å². The minimum atomic E-state index is -4.90. The van der Waals surface area contributed by atoms with Gasteiger partial charge in [0.15, 0.2) is 0 Å². The number of nitrogens with two attached hydrogens (primary N) is 1. The molecule has 1 aromatic carbocycles. The van der Waals surface area contributed by atoms with Crippen LogP contribution in [0.15, 0.2) is 30.0 Å². The number of halogens is 3. The minimum Gasteiger partial charge on any atom is -0.406 e. The Kier molecular flexibility index (Phi) is 4.76. The lowest BCUT2D eigenvalue weighted by atomic mass is 10.1. The van der Waals surface area contributed by atoms with Crippen LogP contribution in [-0.2, 0) is 0 Å². The second-order valence-corrected chi connectivity index (χ2v) is 3.55. The fraction of sp³-hybridized carbons (Fsp3) is 0.0833. The standard InChI is InChI=1S/C12H7F3N4O2/c13-12(14,15)21-8-1-2-9(11(18)20)10(3-8)19-6-7(4-16)5-17/h1-3,6,19H,(H2,18,20). The van der Waals surface area contributed by atoms with Crippen molar-refractivity contribution in [2.45, 2.75) is 6.36 Å². The van der Waals surface area contributed by atoms with E-state index in [1.807, 2.05) is 0 Å². The summed E-state index contributed by atoms with van der Waals surface area (Å²) in [4.78, 5) is 11.2. The maximum atomic E-state index is 12.1. The molecule has 21 heavy (non-hydrogen) atoms. The van der Waals surface area contributed by atoms with E-state index in [4.69, 9.17) is 16.3 Å². The van der Waals surface area contributed by atoms with Crippen molar-refractivity contribution >= 4 is 11.6 Å². The highest BCUT2D eigenvalue weighted by molar-refractivity contribution is 5.99. The van der Waals surface area contributed by atoms with Crippen LogP contribution in [0.3, 0.4) is 0 Å². The number of anilines is 1. The number of amides is 1. The summed E-state index contributed by atoms with van der Waals surface area (Å²) in [6.45, 7) is 0. The number of nitriles is 2. The number of carbonyl (C=O) groups is 1. The molecule has 0 bridgehead atoms. The van der Waals surface area contributed by atoms with E-state index in [1.54, 1.807) is 0 Å². The molecule has 0 heterocycles. The molecule has 0 spiro atoms. The van der Waals surface area contributed by atoms with E-state index >= 15 is 0 Å². The van der Waals surface area contributed by atoms with Gasteiger partial charge in [0.1, 0.15) is 23.5 Å². The number of primary amides is 1. The van der Waals surface area contributed by atoms with Crippen molar-refractivity contribution in [2.24, 2.45) is 5.73 Å². The molecule has 0 aliphatic heterocycles. The summed E-state index contributed by atoms with van der Waals surface area (Å²) in [7, 11) is 0. The van der Waals surface area contributed by atoms with Gasteiger partial charge in [0, 0.05) is 12.3 Å². The number of allylic oxidation sites excluding steroid dienone is 1. The first-order chi connectivity index (χ1) is 9.76. The molecule has 6 nitrogen and oxygen atoms in total. The average molecular weight is 296 g/mol. The Balaban J connectivity index is 3.17. The predicted molar refractivity (Wildman–Crippen MR) is 64.6 cm³/mol. The summed E-state index contributed by atoms with van der Waals surface area (Å²) in [6.07, 6.45) is -3.97. The highest BCUT2D eigenvalue weighted by atomic mass is 19.4. The second-order valence-electron chi connectivity index (χ2n) is 3.55. The van der Waals surface area contributed by atoms with E-state index in [0.717, 1.165) is 24.4 Å². The number of nitrogens with one attached hydrogen (secondary N) is 1. The van der Waals surface area contributed by atoms with Gasteiger partial charge in [-0.05, 0) is 12.1 Å². The number of carbonyl (C=O) groups excluding carboxylic acids is 1. The van der Waals surface area contributed by atoms with Crippen molar-refractivity contribution in [1.29, 1.82) is 10.5 Å². The normalized spacial score (nSPS) is 9.95. The van der Waals surface area contributed by atoms with E-state index in [-0.39, 0.29) is 16.8 Å². The van der Waals surface area contributed by atoms with Crippen molar-refractivity contribution in [3.05, 3.63) is 35.5 Å². The van der Waals surface area contributed by atoms with E-state index < -0.39 is 18.0 Å². The summed E-state index contributed by atoms with van der Waals surface area (Å²) < 4.78 is 40.1. The summed E-state index contributed by atoms with van der Waals surface area (Å²) in [5, 5.41) is 19.5. The predicted octanol–water partition coefficient (Wildman–Crippen LogP) is 2.03. The molecule has 0 aliphatic rings. The summed E-state index contributed by atoms with van der Waals surface area (Å²) >= 11 is 0. The zero-order valence-electron chi connectivity index (χ0n) is 10.2. The lowest BCUT2D eigenvalue weighted by molar-refractivity contribution is -0.274. The third kappa shape index (κ3) is 4.76. The third-order valence-electron chi connectivity index (χ3n) is 2.10. The Morgan fingerprint density at radius 2 is 1.95 bits per heavy atom. The van der Waals surface area contributed by atoms with Crippen LogP contribution >= 0.6 is 0 Å². The van der Waals surface area contributed by atoms with Gasteiger partial charge in [0.05, 0.1) is 11.3 Å². The van der Waals surface area contributed by atoms with E-state index in [2.05, 4.69) is 10.1 Å². The maximum absolute atomic E-state index is 12.1. The van der Waals surface area contributed by atoms with Crippen LogP contribution in [0, 0.1) is 22.7 Å². The van der Waals surface area contributed by atoms with Gasteiger partial charge in [-0.15, -0.1) is 13.2 Å². The molecular formula is C12H7F3N4O2. The van der Waals surface area contributed by atoms with Crippen LogP contribution in [0.25, 0.3) is 0 Å². The summed E-state index contributed by atoms with van der Waals surface area (Å²) in [5.41, 5.74) is 4.47. The second kappa shape index (κ2) is 6.30. The topological polar surface area (TPSA) is 112 Å². The van der Waals surface area contributed by atoms with Crippen molar-refractivity contribution < 1.29 is 22.7 Å². The van der Waals surface area contributed by atoms with E-state index in [1.165, 1.54) is 12.1 Å². The first-order valence-corrected chi connectivity index (χ1v) is 5.23. The molecule has 0 saturated carbocycles. The Hall–Kier alpha value is -3.20. The highest BCUT2D eigenvalue weighted by Gasteiger charge is 2.31. The molecule has 0 unspecified atom stereocenters. The fourth-order valence-electron chi connectivity index (χ4n) is 1.29. The molecule has 1 rings (SSSR count). The number of nitrogens with zero attached hydrogens (tertiary/aromatic N) is 2. The Labute approximate surface area is 116 Å². The van der Waals surface area contributed by atoms with Gasteiger partial charge in [-0.2, -0.15) is 10.5 Å². The van der Waals surface area contributed by atoms with Crippen LogP contribution in [0.1, 0.15) is 10.4 Å². The van der Waals surface area contributed by atoms with Crippen molar-refractivity contribution in [3.63, 3.8) is 0 Å². The summed E-state index contributed by atoms with van der Waals surface area (Å²) in [5.74, 6) is -1.49. The number of hydrogen-bond acceptors (Lipinski definition) is 5. The van der Waals surface area contributed by atoms with Gasteiger partial charge in [-0.3, -0.25) is 4.79 Å². The number of hydrogen-bond donors (Lipinski definition) is 2. The third-order valence-corrected chi connectivity index (χ3v) is 2.10. The molecule has 108 valence electrons. The lowest BCUT2D eigenvalue weighted by Gasteiger charge is -2.12. The molecule has 1 aromatic rings. The molecule has 0 saturated heterocycles. The van der Waals surface area contributed by atoms with E-state index in [0.29, 0.717) is 0 Å². The van der Waals surface area contributed by atoms with Crippen LogP contribution in [-0.4, -0.2) is 12.3 Å². The van der Waals surface area contributed by atoms with Gasteiger partial charge in [-0.1, -0.05) is 0 Å². The molecule has 1 amide bonds. The molecule has 3 N–H and O–H groups in total. The number of benzene rings is 1. The highest BCUT2D eigenvalue weighted by Crippen LogP contribution is 2.27. The summed E-state index contributed by atoms with van der Waals surface area (Å²) in [6, 6.07) is 5.88. The van der Waals surface area contributed by atoms with Crippen LogP contribution < -0.4 is 15.8 Å². The van der Waals surface area contributed by atoms with Crippen molar-refractivity contribution in [1.82, 2.24) is 0 Å². The van der Waals surface area contributed by atoms with Crippen LogP contribution in [0.5, 0.6) is 5.75 Å². The zero-order valence-corrected chi connectivity index (χ0v) is 10.2. The Morgan fingerprint density at radius 3 is 2.43 bits per heavy atom. The Bertz CT molecular complexity index is 653. The molecular weight excluding hydrogens is 289 g/mol. The number of rotatable bonds is 4. The van der Waals surface area contributed by atoms with Gasteiger partial charge >= 0.3 is 6.36 Å².